The average Bonchev–Trinajstić information content (AvgIpc) is 2.49. The van der Waals surface area contributed by atoms with E-state index in [1.54, 1.807) is 12.2 Å². The summed E-state index contributed by atoms with van der Waals surface area (Å²) in [5, 5.41) is 0. The third kappa shape index (κ3) is 2.64. The Hall–Kier alpha value is -3.14. The van der Waals surface area contributed by atoms with Gasteiger partial charge in [-0.1, -0.05) is 59.8 Å². The van der Waals surface area contributed by atoms with Gasteiger partial charge in [-0.2, -0.15) is 0 Å². The van der Waals surface area contributed by atoms with Crippen LogP contribution in [0.1, 0.15) is 22.3 Å². The summed E-state index contributed by atoms with van der Waals surface area (Å²) < 4.78 is 0. The molecule has 0 fully saturated rings. The highest BCUT2D eigenvalue weighted by molar-refractivity contribution is 5.57. The Labute approximate surface area is 119 Å². The molecular weight excluding hydrogens is 240 g/mol. The molecule has 0 aromatic heterocycles. The smallest absolute Gasteiger partial charge is 0.0405 e. The van der Waals surface area contributed by atoms with E-state index >= 15 is 0 Å². The molecule has 2 aromatic rings. The number of fused-ring (bicyclic) bond motifs is 2. The van der Waals surface area contributed by atoms with E-state index in [0.717, 1.165) is 22.3 Å². The summed E-state index contributed by atoms with van der Waals surface area (Å²) in [5.74, 6) is 18.5. The first-order valence-electron chi connectivity index (χ1n) is 6.32. The molecule has 0 unspecified atom stereocenters. The fourth-order valence-corrected chi connectivity index (χ4v) is 1.86. The SMILES string of the molecule is C1#Cc2ccccc2C#Cc2ccccc2C#C/C=C\1. The first-order chi connectivity index (χ1) is 9.93. The monoisotopic (exact) mass is 250 g/mol. The summed E-state index contributed by atoms with van der Waals surface area (Å²) >= 11 is 0. The van der Waals surface area contributed by atoms with Gasteiger partial charge < -0.3 is 0 Å². The zero-order valence-electron chi connectivity index (χ0n) is 10.8. The van der Waals surface area contributed by atoms with E-state index in [4.69, 9.17) is 0 Å². The summed E-state index contributed by atoms with van der Waals surface area (Å²) in [5.41, 5.74) is 3.76. The van der Waals surface area contributed by atoms with E-state index in [1.807, 2.05) is 48.5 Å². The Kier molecular flexibility index (Phi) is 3.38. The lowest BCUT2D eigenvalue weighted by molar-refractivity contribution is 1.56. The van der Waals surface area contributed by atoms with Crippen LogP contribution in [0.4, 0.5) is 0 Å². The molecular formula is C20H10. The lowest BCUT2D eigenvalue weighted by Gasteiger charge is -1.97. The van der Waals surface area contributed by atoms with Crippen LogP contribution < -0.4 is 0 Å². The van der Waals surface area contributed by atoms with Gasteiger partial charge in [0, 0.05) is 22.3 Å². The number of hydrogen-bond acceptors (Lipinski definition) is 0. The van der Waals surface area contributed by atoms with Gasteiger partial charge in [0.1, 0.15) is 0 Å². The average molecular weight is 250 g/mol. The topological polar surface area (TPSA) is 0 Å². The van der Waals surface area contributed by atoms with Crippen LogP contribution in [0.25, 0.3) is 0 Å². The highest BCUT2D eigenvalue weighted by atomic mass is 14.0. The molecule has 0 radical (unpaired) electrons. The zero-order valence-corrected chi connectivity index (χ0v) is 10.8. The second kappa shape index (κ2) is 5.67. The molecule has 20 heavy (non-hydrogen) atoms. The van der Waals surface area contributed by atoms with Gasteiger partial charge in [-0.3, -0.25) is 0 Å². The molecule has 0 heterocycles. The van der Waals surface area contributed by atoms with E-state index in [0.29, 0.717) is 0 Å². The molecule has 2 aromatic carbocycles. The van der Waals surface area contributed by atoms with Crippen molar-refractivity contribution < 1.29 is 0 Å². The quantitative estimate of drug-likeness (QED) is 0.629. The summed E-state index contributed by atoms with van der Waals surface area (Å²) in [7, 11) is 0. The lowest BCUT2D eigenvalue weighted by Crippen LogP contribution is -1.85. The van der Waals surface area contributed by atoms with E-state index in [2.05, 4.69) is 35.5 Å². The highest BCUT2D eigenvalue weighted by Crippen LogP contribution is 2.09. The van der Waals surface area contributed by atoms with Crippen molar-refractivity contribution in [2.24, 2.45) is 0 Å². The molecule has 0 nitrogen and oxygen atoms in total. The van der Waals surface area contributed by atoms with Crippen molar-refractivity contribution in [3.63, 3.8) is 0 Å². The molecule has 90 valence electrons. The van der Waals surface area contributed by atoms with Crippen molar-refractivity contribution in [3.05, 3.63) is 82.9 Å². The molecule has 0 spiro atoms. The van der Waals surface area contributed by atoms with Crippen LogP contribution in [-0.2, 0) is 0 Å². The van der Waals surface area contributed by atoms with Crippen molar-refractivity contribution in [2.45, 2.75) is 0 Å². The molecule has 3 rings (SSSR count). The Balaban J connectivity index is 2.22. The minimum atomic E-state index is 0.940. The van der Waals surface area contributed by atoms with Crippen molar-refractivity contribution in [2.75, 3.05) is 0 Å². The van der Waals surface area contributed by atoms with E-state index in [1.165, 1.54) is 0 Å². The van der Waals surface area contributed by atoms with Gasteiger partial charge in [0.05, 0.1) is 0 Å². The predicted molar refractivity (Wildman–Crippen MR) is 81.8 cm³/mol. The minimum Gasteiger partial charge on any atom is -0.0689 e. The fraction of sp³-hybridized carbons (Fsp3) is 0. The zero-order chi connectivity index (χ0) is 13.6. The number of benzene rings is 2. The van der Waals surface area contributed by atoms with Gasteiger partial charge in [-0.25, -0.2) is 0 Å². The minimum absolute atomic E-state index is 0.940. The third-order valence-electron chi connectivity index (χ3n) is 2.85. The van der Waals surface area contributed by atoms with Crippen LogP contribution in [0.3, 0.4) is 0 Å². The highest BCUT2D eigenvalue weighted by Gasteiger charge is 1.97. The molecule has 0 aliphatic heterocycles. The lowest BCUT2D eigenvalue weighted by atomic mass is 10.1. The van der Waals surface area contributed by atoms with Crippen LogP contribution in [0.2, 0.25) is 0 Å². The van der Waals surface area contributed by atoms with E-state index < -0.39 is 0 Å². The van der Waals surface area contributed by atoms with Crippen LogP contribution in [0, 0.1) is 35.5 Å². The second-order valence-corrected chi connectivity index (χ2v) is 4.21. The van der Waals surface area contributed by atoms with Crippen LogP contribution in [-0.4, -0.2) is 0 Å². The Morgan fingerprint density at radius 2 is 0.800 bits per heavy atom. The first-order valence-corrected chi connectivity index (χ1v) is 6.32. The standard InChI is InChI=1S/C20H10/c1-2-4-10-18-12-6-8-14-20(18)16-15-19-13-7-5-11-17(19)9-3-1/h1-2,5-8,11-14H/b2-1-. The number of rotatable bonds is 0. The van der Waals surface area contributed by atoms with Gasteiger partial charge >= 0.3 is 0 Å². The molecule has 0 amide bonds. The first kappa shape index (κ1) is 11.9. The van der Waals surface area contributed by atoms with Crippen LogP contribution in [0.5, 0.6) is 0 Å². The molecule has 0 N–H and O–H groups in total. The molecule has 0 saturated carbocycles. The van der Waals surface area contributed by atoms with Gasteiger partial charge in [0.2, 0.25) is 0 Å². The maximum atomic E-state index is 3.19. The molecule has 1 aliphatic carbocycles. The normalized spacial score (nSPS) is 12.4. The van der Waals surface area contributed by atoms with Gasteiger partial charge in [0.25, 0.3) is 0 Å². The van der Waals surface area contributed by atoms with Gasteiger partial charge in [0.15, 0.2) is 0 Å². The molecule has 0 atom stereocenters. The van der Waals surface area contributed by atoms with E-state index in [-0.39, 0.29) is 0 Å². The summed E-state index contributed by atoms with van der Waals surface area (Å²) in [6, 6.07) is 15.8. The fourth-order valence-electron chi connectivity index (χ4n) is 1.86. The molecule has 0 bridgehead atoms. The Bertz CT molecular complexity index is 791. The number of allylic oxidation sites excluding steroid dienone is 2. The van der Waals surface area contributed by atoms with Crippen LogP contribution >= 0.6 is 0 Å². The maximum absolute atomic E-state index is 3.19. The van der Waals surface area contributed by atoms with E-state index in [9.17, 15) is 0 Å². The van der Waals surface area contributed by atoms with Crippen molar-refractivity contribution >= 4 is 0 Å². The van der Waals surface area contributed by atoms with Crippen molar-refractivity contribution in [1.29, 1.82) is 0 Å². The third-order valence-corrected chi connectivity index (χ3v) is 2.85. The summed E-state index contributed by atoms with van der Waals surface area (Å²) in [6.45, 7) is 0. The largest absolute Gasteiger partial charge is 0.0689 e. The van der Waals surface area contributed by atoms with Gasteiger partial charge in [-0.15, -0.1) is 0 Å². The molecule has 0 heteroatoms. The summed E-state index contributed by atoms with van der Waals surface area (Å²) in [4.78, 5) is 0. The van der Waals surface area contributed by atoms with Gasteiger partial charge in [-0.05, 0) is 36.4 Å². The molecule has 0 saturated heterocycles. The predicted octanol–water partition coefficient (Wildman–Crippen LogP) is 3.36. The maximum Gasteiger partial charge on any atom is 0.0405 e. The number of hydrogen-bond donors (Lipinski definition) is 0. The van der Waals surface area contributed by atoms with Crippen molar-refractivity contribution in [1.82, 2.24) is 0 Å². The van der Waals surface area contributed by atoms with Crippen LogP contribution in [0.15, 0.2) is 60.7 Å². The Morgan fingerprint density at radius 1 is 0.450 bits per heavy atom. The second-order valence-electron chi connectivity index (χ2n) is 4.21. The Morgan fingerprint density at radius 3 is 1.20 bits per heavy atom. The summed E-state index contributed by atoms with van der Waals surface area (Å²) in [6.07, 6.45) is 3.53. The van der Waals surface area contributed by atoms with Crippen molar-refractivity contribution in [3.8, 4) is 35.5 Å². The molecule has 1 aliphatic rings.